The number of methoxy groups -OCH3 is 1. The number of hydrogen-bond donors (Lipinski definition) is 3. The minimum Gasteiger partial charge on any atom is -0.497 e. The molecule has 4 rings (SSSR count). The lowest BCUT2D eigenvalue weighted by atomic mass is 10.1. The summed E-state index contributed by atoms with van der Waals surface area (Å²) >= 11 is 0. The average Bonchev–Trinajstić information content (AvgIpc) is 2.96. The summed E-state index contributed by atoms with van der Waals surface area (Å²) in [7, 11) is -2.66. The second-order valence-corrected chi connectivity index (χ2v) is 9.96. The minimum absolute atomic E-state index is 0.0607. The van der Waals surface area contributed by atoms with Gasteiger partial charge in [-0.25, -0.2) is 8.42 Å². The number of anilines is 3. The second kappa shape index (κ2) is 12.5. The molecule has 0 fully saturated rings. The molecule has 0 saturated heterocycles. The molecular formula is C27H24N6O6S. The van der Waals surface area contributed by atoms with Gasteiger partial charge >= 0.3 is 0 Å². The van der Waals surface area contributed by atoms with Crippen LogP contribution in [0.3, 0.4) is 0 Å². The Kier molecular flexibility index (Phi) is 8.66. The Labute approximate surface area is 229 Å². The Bertz CT molecular complexity index is 1630. The lowest BCUT2D eigenvalue weighted by molar-refractivity contribution is -0.384. The zero-order valence-corrected chi connectivity index (χ0v) is 22.0. The van der Waals surface area contributed by atoms with Crippen molar-refractivity contribution < 1.29 is 22.9 Å². The van der Waals surface area contributed by atoms with E-state index in [4.69, 9.17) is 4.74 Å². The summed E-state index contributed by atoms with van der Waals surface area (Å²) < 4.78 is 33.2. The van der Waals surface area contributed by atoms with Gasteiger partial charge < -0.3 is 10.1 Å². The number of carbonyl (C=O) groups is 1. The highest BCUT2D eigenvalue weighted by Gasteiger charge is 2.22. The van der Waals surface area contributed by atoms with Crippen LogP contribution in [-0.2, 0) is 14.8 Å². The molecule has 13 heteroatoms. The number of nitro groups is 1. The van der Waals surface area contributed by atoms with E-state index in [1.807, 2.05) is 0 Å². The van der Waals surface area contributed by atoms with Crippen LogP contribution in [-0.4, -0.2) is 37.1 Å². The van der Waals surface area contributed by atoms with E-state index in [0.717, 1.165) is 6.07 Å². The number of carbonyl (C=O) groups excluding carboxylic acids is 1. The van der Waals surface area contributed by atoms with Crippen LogP contribution in [0.2, 0.25) is 0 Å². The smallest absolute Gasteiger partial charge is 0.295 e. The van der Waals surface area contributed by atoms with E-state index in [9.17, 15) is 23.3 Å². The number of rotatable bonds is 11. The first-order valence-corrected chi connectivity index (χ1v) is 13.3. The normalized spacial score (nSPS) is 11.4. The molecule has 0 aliphatic carbocycles. The Morgan fingerprint density at radius 1 is 1.00 bits per heavy atom. The van der Waals surface area contributed by atoms with Crippen LogP contribution in [0.4, 0.5) is 22.7 Å². The standard InChI is InChI=1S/C27H24N6O6S/c1-39-22-11-9-20(10-12-22)32-40(37,38)23-13-14-24(26(16-23)33(35)36)30-31-25(19-6-3-2-4-7-19)17-27(34)29-21-8-5-15-28-18-21/h2-16,18,30,32H,17H2,1H3,(H,29,34)/b31-25+. The van der Waals surface area contributed by atoms with Crippen LogP contribution in [0, 0.1) is 10.1 Å². The molecule has 0 atom stereocenters. The van der Waals surface area contributed by atoms with E-state index >= 15 is 0 Å². The number of hydrogen-bond acceptors (Lipinski definition) is 9. The van der Waals surface area contributed by atoms with Crippen LogP contribution in [0.5, 0.6) is 5.75 Å². The van der Waals surface area contributed by atoms with Gasteiger partial charge in [-0.3, -0.25) is 30.0 Å². The van der Waals surface area contributed by atoms with Crippen LogP contribution in [0.25, 0.3) is 0 Å². The van der Waals surface area contributed by atoms with Gasteiger partial charge in [0.05, 0.1) is 40.9 Å². The molecule has 1 amide bonds. The Balaban J connectivity index is 1.58. The largest absolute Gasteiger partial charge is 0.497 e. The minimum atomic E-state index is -4.14. The Morgan fingerprint density at radius 3 is 2.40 bits per heavy atom. The maximum Gasteiger partial charge on any atom is 0.295 e. The van der Waals surface area contributed by atoms with Gasteiger partial charge in [-0.1, -0.05) is 30.3 Å². The molecule has 1 aromatic heterocycles. The predicted octanol–water partition coefficient (Wildman–Crippen LogP) is 4.64. The summed E-state index contributed by atoms with van der Waals surface area (Å²) in [5, 5.41) is 18.8. The van der Waals surface area contributed by atoms with Gasteiger partial charge in [-0.2, -0.15) is 5.10 Å². The summed E-state index contributed by atoms with van der Waals surface area (Å²) in [5.74, 6) is 0.164. The first kappa shape index (κ1) is 27.7. The van der Waals surface area contributed by atoms with Crippen LogP contribution in [0.15, 0.2) is 107 Å². The molecule has 0 bridgehead atoms. The fraction of sp³-hybridized carbons (Fsp3) is 0.0741. The van der Waals surface area contributed by atoms with Crippen LogP contribution < -0.4 is 20.2 Å². The first-order valence-electron chi connectivity index (χ1n) is 11.8. The van der Waals surface area contributed by atoms with Crippen LogP contribution in [0.1, 0.15) is 12.0 Å². The molecular weight excluding hydrogens is 536 g/mol. The summed E-state index contributed by atoms with van der Waals surface area (Å²) in [6.07, 6.45) is 2.92. The van der Waals surface area contributed by atoms with Gasteiger partial charge in [-0.05, 0) is 54.1 Å². The molecule has 0 unspecified atom stereocenters. The van der Waals surface area contributed by atoms with Gasteiger partial charge in [0.15, 0.2) is 0 Å². The maximum absolute atomic E-state index is 12.9. The summed E-state index contributed by atoms with van der Waals surface area (Å²) in [6, 6.07) is 21.7. The SMILES string of the molecule is COc1ccc(NS(=O)(=O)c2ccc(N/N=C(\CC(=O)Nc3cccnc3)c3ccccc3)c([N+](=O)[O-])c2)cc1. The molecule has 0 spiro atoms. The molecule has 3 aromatic carbocycles. The molecule has 0 aliphatic heterocycles. The van der Waals surface area contributed by atoms with E-state index in [1.54, 1.807) is 60.8 Å². The summed E-state index contributed by atoms with van der Waals surface area (Å²) in [4.78, 5) is 27.5. The second-order valence-electron chi connectivity index (χ2n) is 8.27. The number of nitrogens with zero attached hydrogens (tertiary/aromatic N) is 3. The third kappa shape index (κ3) is 7.17. The molecule has 12 nitrogen and oxygen atoms in total. The quantitative estimate of drug-likeness (QED) is 0.136. The van der Waals surface area contributed by atoms with E-state index in [0.29, 0.717) is 22.7 Å². The molecule has 0 saturated carbocycles. The third-order valence-corrected chi connectivity index (χ3v) is 6.89. The third-order valence-electron chi connectivity index (χ3n) is 5.51. The highest BCUT2D eigenvalue weighted by molar-refractivity contribution is 7.92. The lowest BCUT2D eigenvalue weighted by Gasteiger charge is -2.11. The van der Waals surface area contributed by atoms with Gasteiger partial charge in [-0.15, -0.1) is 0 Å². The zero-order chi connectivity index (χ0) is 28.5. The van der Waals surface area contributed by atoms with Crippen molar-refractivity contribution in [3.05, 3.63) is 113 Å². The molecule has 0 radical (unpaired) electrons. The number of hydrazone groups is 1. The predicted molar refractivity (Wildman–Crippen MR) is 151 cm³/mol. The monoisotopic (exact) mass is 560 g/mol. The highest BCUT2D eigenvalue weighted by atomic mass is 32.2. The molecule has 204 valence electrons. The number of sulfonamides is 1. The van der Waals surface area contributed by atoms with Crippen molar-refractivity contribution in [2.45, 2.75) is 11.3 Å². The molecule has 1 heterocycles. The van der Waals surface area contributed by atoms with Crippen molar-refractivity contribution in [1.29, 1.82) is 0 Å². The Morgan fingerprint density at radius 2 is 1.75 bits per heavy atom. The number of benzene rings is 3. The van der Waals surface area contributed by atoms with Gasteiger partial charge in [0.2, 0.25) is 5.91 Å². The fourth-order valence-electron chi connectivity index (χ4n) is 3.56. The van der Waals surface area contributed by atoms with E-state index in [1.165, 1.54) is 37.6 Å². The average molecular weight is 561 g/mol. The number of amides is 1. The van der Waals surface area contributed by atoms with Crippen molar-refractivity contribution in [3.63, 3.8) is 0 Å². The maximum atomic E-state index is 12.9. The van der Waals surface area contributed by atoms with Crippen molar-refractivity contribution in [2.75, 3.05) is 22.6 Å². The molecule has 0 aliphatic rings. The van der Waals surface area contributed by atoms with Crippen molar-refractivity contribution >= 4 is 44.4 Å². The van der Waals surface area contributed by atoms with Gasteiger partial charge in [0.25, 0.3) is 15.7 Å². The molecule has 3 N–H and O–H groups in total. The number of aromatic nitrogens is 1. The number of ether oxygens (including phenoxy) is 1. The van der Waals surface area contributed by atoms with E-state index in [-0.39, 0.29) is 28.6 Å². The Hall–Kier alpha value is -5.30. The topological polar surface area (TPSA) is 165 Å². The van der Waals surface area contributed by atoms with Crippen molar-refractivity contribution in [1.82, 2.24) is 4.98 Å². The van der Waals surface area contributed by atoms with Crippen LogP contribution >= 0.6 is 0 Å². The van der Waals surface area contributed by atoms with E-state index < -0.39 is 20.6 Å². The number of nitrogens with one attached hydrogen (secondary N) is 3. The summed E-state index contributed by atoms with van der Waals surface area (Å²) in [6.45, 7) is 0. The highest BCUT2D eigenvalue weighted by Crippen LogP contribution is 2.29. The number of nitro benzene ring substituents is 1. The van der Waals surface area contributed by atoms with E-state index in [2.05, 4.69) is 25.6 Å². The van der Waals surface area contributed by atoms with Crippen molar-refractivity contribution in [3.8, 4) is 5.75 Å². The zero-order valence-electron chi connectivity index (χ0n) is 21.1. The molecule has 4 aromatic rings. The van der Waals surface area contributed by atoms with Gasteiger partial charge in [0, 0.05) is 18.0 Å². The number of pyridine rings is 1. The molecule has 40 heavy (non-hydrogen) atoms. The van der Waals surface area contributed by atoms with Gasteiger partial charge in [0.1, 0.15) is 11.4 Å². The van der Waals surface area contributed by atoms with Crippen molar-refractivity contribution in [2.24, 2.45) is 5.10 Å². The first-order chi connectivity index (χ1) is 19.2. The lowest BCUT2D eigenvalue weighted by Crippen LogP contribution is -2.18. The summed E-state index contributed by atoms with van der Waals surface area (Å²) in [5.41, 5.74) is 3.72. The fourth-order valence-corrected chi connectivity index (χ4v) is 4.63.